The van der Waals surface area contributed by atoms with Crippen LogP contribution in [-0.2, 0) is 28.6 Å². The third kappa shape index (κ3) is 25.8. The fourth-order valence-corrected chi connectivity index (χ4v) is 1.03. The van der Waals surface area contributed by atoms with Crippen molar-refractivity contribution < 1.29 is 64.2 Å². The molecule has 6 nitrogen and oxygen atoms in total. The average molecular weight is 495 g/mol. The number of hydrogen-bond donors (Lipinski definition) is 0. The summed E-state index contributed by atoms with van der Waals surface area (Å²) in [5.74, 6) is -7.93. The van der Waals surface area contributed by atoms with E-state index in [1.165, 1.54) is 20.5 Å². The van der Waals surface area contributed by atoms with Gasteiger partial charge >= 0.3 is 5.97 Å². The Bertz CT molecular complexity index is 1470. The topological polar surface area (TPSA) is 78.9 Å². The Morgan fingerprint density at radius 1 is 0.939 bits per heavy atom. The van der Waals surface area contributed by atoms with E-state index < -0.39 is 100 Å². The normalized spacial score (nSPS) is 48.5. The summed E-state index contributed by atoms with van der Waals surface area (Å²) in [4.78, 5) is 31.7. The number of carbonyl (C=O) groups is 3. The van der Waals surface area contributed by atoms with Gasteiger partial charge < -0.3 is 19.0 Å². The first-order valence-electron chi connectivity index (χ1n) is 21.3. The summed E-state index contributed by atoms with van der Waals surface area (Å²) in [5, 5.41) is 0. The quantitative estimate of drug-likeness (QED) is 0.185. The average Bonchev–Trinajstić information content (AvgIpc) is 3.24. The Hall–Kier alpha value is -2.37. The van der Waals surface area contributed by atoms with Gasteiger partial charge in [-0.2, -0.15) is 0 Å². The van der Waals surface area contributed by atoms with Gasteiger partial charge in [-0.1, -0.05) is 46.1 Å². The van der Waals surface area contributed by atoms with Gasteiger partial charge in [-0.05, 0) is 50.2 Å². The van der Waals surface area contributed by atoms with Crippen LogP contribution in [0.5, 0.6) is 0 Å². The van der Waals surface area contributed by atoms with Crippen molar-refractivity contribution in [1.82, 2.24) is 0 Å². The number of ketones is 1. The smallest absolute Gasteiger partial charge is 0.329 e. The van der Waals surface area contributed by atoms with E-state index in [1.54, 1.807) is 7.11 Å². The zero-order valence-corrected chi connectivity index (χ0v) is 17.8. The Balaban J connectivity index is -0.000000712. The second-order valence-corrected chi connectivity index (χ2v) is 4.44. The molecule has 0 spiro atoms. The van der Waals surface area contributed by atoms with Crippen molar-refractivity contribution in [1.29, 1.82) is 0 Å². The van der Waals surface area contributed by atoms with E-state index in [9.17, 15) is 14.4 Å². The van der Waals surface area contributed by atoms with E-state index in [0.29, 0.717) is 0 Å². The molecule has 0 saturated heterocycles. The largest absolute Gasteiger partial charge is 0.505 e. The van der Waals surface area contributed by atoms with Gasteiger partial charge in [-0.25, -0.2) is 4.79 Å². The summed E-state index contributed by atoms with van der Waals surface area (Å²) >= 11 is 0. The maximum atomic E-state index is 11.1. The van der Waals surface area contributed by atoms with Crippen LogP contribution in [0.1, 0.15) is 120 Å². The zero-order valence-electron chi connectivity index (χ0n) is 43.8. The molecule has 3 aliphatic carbocycles. The molecule has 0 amide bonds. The zero-order chi connectivity index (χ0) is 47.8. The van der Waals surface area contributed by atoms with Crippen molar-refractivity contribution in [3.05, 3.63) is 37.8 Å². The number of hydrogen-bond acceptors (Lipinski definition) is 6. The van der Waals surface area contributed by atoms with Gasteiger partial charge in [0, 0.05) is 60.4 Å². The van der Waals surface area contributed by atoms with Crippen LogP contribution in [0.25, 0.3) is 0 Å². The number of esters is 1. The lowest BCUT2D eigenvalue weighted by Gasteiger charge is -1.97. The van der Waals surface area contributed by atoms with Crippen LogP contribution in [0.3, 0.4) is 0 Å². The number of ether oxygens (including phenoxy) is 3. The van der Waals surface area contributed by atoms with Gasteiger partial charge in [0.2, 0.25) is 0 Å². The molecule has 33 heavy (non-hydrogen) atoms. The Morgan fingerprint density at radius 3 is 1.61 bits per heavy atom. The molecule has 0 atom stereocenters. The van der Waals surface area contributed by atoms with Crippen LogP contribution in [0.15, 0.2) is 37.8 Å². The first kappa shape index (κ1) is 9.35. The highest BCUT2D eigenvalue weighted by Crippen LogP contribution is 2.25. The van der Waals surface area contributed by atoms with E-state index in [4.69, 9.17) is 35.6 Å². The number of carbonyl (C=O) groups excluding carboxylic acids is 3. The molecule has 3 rings (SSSR count). The molecule has 0 aliphatic heterocycles. The number of methoxy groups -OCH3 is 3. The lowest BCUT2D eigenvalue weighted by Crippen LogP contribution is -1.91. The van der Waals surface area contributed by atoms with Crippen LogP contribution < -0.4 is 0 Å². The molecule has 6 heteroatoms. The van der Waals surface area contributed by atoms with E-state index in [1.807, 2.05) is 0 Å². The standard InChI is InChI=1S/C8H14O.C6H10O.C5H8O.C4H6O2.C3H6O.CH4/c1-9-7-6-8-4-2-3-5-8;7-5-6-3-1-2-4-6;6-5-3-1-2-4-5;1-3-4(5)6-2;1-3-4-2;/h6-8H,2-5H2,1H3;5-6H,1-4H2;1-4H2;3H,1H2,2H3;3H,1H2,2H3;1H4/b7-6+;;;;;/i2D2,3D2,4D2,5D2,8D;1D2,2D2,3D2,4D2,6D;1D2,2D2,3D2,4D2;;;. The number of Topliss-reactive ketones (excluding diaryl/α,β-unsaturated/α-hetero) is 1. The van der Waals surface area contributed by atoms with Crippen LogP contribution in [-0.4, -0.2) is 39.4 Å². The van der Waals surface area contributed by atoms with E-state index >= 15 is 0 Å². The molecule has 0 aromatic heterocycles. The number of rotatable bonds is 5. The van der Waals surface area contributed by atoms with E-state index in [0.717, 1.165) is 18.4 Å². The molecule has 0 radical (unpaired) electrons. The molecular weight excluding hydrogens is 420 g/mol. The maximum Gasteiger partial charge on any atom is 0.329 e. The molecule has 0 aromatic carbocycles. The number of allylic oxidation sites excluding steroid dienone is 1. The summed E-state index contributed by atoms with van der Waals surface area (Å²) in [6.45, 7) is 6.41. The molecule has 3 saturated carbocycles. The molecular formula is C27H48O6. The second kappa shape index (κ2) is 27.7. The Morgan fingerprint density at radius 2 is 1.39 bits per heavy atom. The lowest BCUT2D eigenvalue weighted by atomic mass is 10.1. The molecule has 0 unspecified atom stereocenters. The summed E-state index contributed by atoms with van der Waals surface area (Å²) in [7, 11) is 4.08. The summed E-state index contributed by atoms with van der Waals surface area (Å²) in [6, 6.07) is 0. The van der Waals surface area contributed by atoms with Gasteiger partial charge in [0.1, 0.15) is 12.1 Å². The van der Waals surface area contributed by atoms with Crippen molar-refractivity contribution in [3.63, 3.8) is 0 Å². The van der Waals surface area contributed by atoms with Crippen molar-refractivity contribution in [3.8, 4) is 0 Å². The highest BCUT2D eigenvalue weighted by Gasteiger charge is 2.12. The minimum absolute atomic E-state index is 0. The second-order valence-electron chi connectivity index (χ2n) is 4.44. The molecule has 0 heterocycles. The number of aldehydes is 1. The molecule has 192 valence electrons. The summed E-state index contributed by atoms with van der Waals surface area (Å²) < 4.78 is 204. The van der Waals surface area contributed by atoms with Crippen LogP contribution in [0, 0.1) is 11.8 Å². The lowest BCUT2D eigenvalue weighted by molar-refractivity contribution is -0.134. The van der Waals surface area contributed by atoms with E-state index in [-0.39, 0.29) is 13.7 Å². The maximum absolute atomic E-state index is 11.1. The summed E-state index contributed by atoms with van der Waals surface area (Å²) in [6.07, 6.45) is -34.4. The van der Waals surface area contributed by atoms with Gasteiger partial charge in [0.05, 0.1) is 33.9 Å². The first-order chi connectivity index (χ1) is 25.2. The van der Waals surface area contributed by atoms with Crippen LogP contribution in [0.2, 0.25) is 0 Å². The van der Waals surface area contributed by atoms with Crippen molar-refractivity contribution in [2.24, 2.45) is 11.8 Å². The fraction of sp³-hybridized carbons (Fsp3) is 0.667. The third-order valence-corrected chi connectivity index (χ3v) is 2.35. The fourth-order valence-electron chi connectivity index (χ4n) is 1.03. The SMILES string of the molecule is C.C=CC(=O)OC.C=COC.[2H]C1([2H])C(=O)C([2H])([2H])C([2H])([2H])C1([2H])[2H].[2H]C1([2H])C([2H])([2H])C([2H])([2H])C([2H])(/C=C/OC)C1([2H])[2H].[2H]C1([2H])C([2H])([2H])C([2H])([2H])C([2H])(C=O)C1([2H])[2H]. The van der Waals surface area contributed by atoms with Crippen LogP contribution >= 0.6 is 0 Å². The summed E-state index contributed by atoms with van der Waals surface area (Å²) in [5.41, 5.74) is 0. The van der Waals surface area contributed by atoms with Gasteiger partial charge in [0.15, 0.2) is 0 Å². The molecule has 3 fully saturated rings. The first-order valence-corrected chi connectivity index (χ1v) is 8.31. The highest BCUT2D eigenvalue weighted by molar-refractivity contribution is 5.81. The van der Waals surface area contributed by atoms with Crippen molar-refractivity contribution >= 4 is 18.0 Å². The Kier molecular flexibility index (Phi) is 7.84. The minimum Gasteiger partial charge on any atom is -0.505 e. The van der Waals surface area contributed by atoms with Crippen molar-refractivity contribution in [2.75, 3.05) is 21.3 Å². The van der Waals surface area contributed by atoms with Gasteiger partial charge in [-0.3, -0.25) is 4.79 Å². The van der Waals surface area contributed by atoms with Crippen molar-refractivity contribution in [2.45, 2.75) is 83.9 Å². The third-order valence-electron chi connectivity index (χ3n) is 2.35. The minimum atomic E-state index is -3.27. The highest BCUT2D eigenvalue weighted by atomic mass is 16.5. The molecule has 0 bridgehead atoms. The predicted octanol–water partition coefficient (Wildman–Crippen LogP) is 6.60. The Labute approximate surface area is 239 Å². The predicted molar refractivity (Wildman–Crippen MR) is 136 cm³/mol. The monoisotopic (exact) mass is 495 g/mol. The van der Waals surface area contributed by atoms with Crippen LogP contribution in [0.4, 0.5) is 0 Å². The molecule has 0 N–H and O–H groups in total. The van der Waals surface area contributed by atoms with Gasteiger partial charge in [-0.15, -0.1) is 0 Å². The van der Waals surface area contributed by atoms with E-state index in [2.05, 4.69) is 27.4 Å². The van der Waals surface area contributed by atoms with Gasteiger partial charge in [0.25, 0.3) is 0 Å². The molecule has 0 aromatic rings. The molecule has 3 aliphatic rings.